The average Bonchev–Trinajstić information content (AvgIpc) is 3.32. The van der Waals surface area contributed by atoms with Gasteiger partial charge in [-0.2, -0.15) is 5.26 Å². The van der Waals surface area contributed by atoms with Gasteiger partial charge in [-0.3, -0.25) is 24.8 Å². The van der Waals surface area contributed by atoms with Crippen molar-refractivity contribution >= 4 is 29.3 Å². The molecule has 0 aliphatic carbocycles. The second kappa shape index (κ2) is 12.1. The number of benzene rings is 2. The summed E-state index contributed by atoms with van der Waals surface area (Å²) < 4.78 is 20.5. The highest BCUT2D eigenvalue weighted by Gasteiger charge is 2.43. The van der Waals surface area contributed by atoms with E-state index >= 15 is 4.39 Å². The van der Waals surface area contributed by atoms with E-state index in [4.69, 9.17) is 9.57 Å². The van der Waals surface area contributed by atoms with E-state index in [2.05, 4.69) is 16.8 Å². The van der Waals surface area contributed by atoms with E-state index < -0.39 is 29.5 Å². The molecule has 0 unspecified atom stereocenters. The summed E-state index contributed by atoms with van der Waals surface area (Å²) in [7, 11) is 0. The number of carbonyl (C=O) groups is 3. The van der Waals surface area contributed by atoms with E-state index in [1.807, 2.05) is 4.90 Å². The highest BCUT2D eigenvalue weighted by Crippen LogP contribution is 2.33. The van der Waals surface area contributed by atoms with Crippen molar-refractivity contribution in [3.63, 3.8) is 0 Å². The van der Waals surface area contributed by atoms with Gasteiger partial charge >= 0.3 is 6.09 Å². The molecule has 0 radical (unpaired) electrons. The number of hydroxylamine groups is 1. The first kappa shape index (κ1) is 27.8. The number of hydrogen-bond donors (Lipinski definition) is 2. The molecule has 2 fully saturated rings. The SMILES string of the molecule is CCON(NC(=O)c1ccccc1)C1(C#N)CCN(c2ccc(N3C[C@H](CNC(C)=O)OC3=O)cc2F)CC1. The highest BCUT2D eigenvalue weighted by molar-refractivity contribution is 5.93. The maximum absolute atomic E-state index is 15.2. The Hall–Kier alpha value is -4.21. The minimum absolute atomic E-state index is 0.178. The number of anilines is 2. The molecule has 4 rings (SSSR count). The Bertz CT molecular complexity index is 1240. The van der Waals surface area contributed by atoms with E-state index in [9.17, 15) is 19.6 Å². The molecule has 2 aliphatic heterocycles. The molecule has 0 bridgehead atoms. The van der Waals surface area contributed by atoms with Crippen molar-refractivity contribution in [3.8, 4) is 6.07 Å². The fourth-order valence-corrected chi connectivity index (χ4v) is 4.63. The summed E-state index contributed by atoms with van der Waals surface area (Å²) >= 11 is 0. The van der Waals surface area contributed by atoms with Crippen LogP contribution in [-0.4, -0.2) is 67.5 Å². The average molecular weight is 539 g/mol. The minimum atomic E-state index is -1.14. The fourth-order valence-electron chi connectivity index (χ4n) is 4.63. The maximum Gasteiger partial charge on any atom is 0.414 e. The summed E-state index contributed by atoms with van der Waals surface area (Å²) in [5.74, 6) is -1.15. The molecule has 2 aliphatic rings. The van der Waals surface area contributed by atoms with E-state index in [-0.39, 0.29) is 38.4 Å². The standard InChI is InChI=1S/C27H31FN6O5/c1-3-38-34(31-25(36)20-7-5-4-6-8-20)27(18-29)11-13-32(14-12-27)24-10-9-21(15-23(24)28)33-17-22(39-26(33)37)16-30-19(2)35/h4-10,15,22H,3,11-14,16-17H2,1-2H3,(H,30,35)(H,31,36)/t22-/m0/s1. The largest absolute Gasteiger partial charge is 0.442 e. The monoisotopic (exact) mass is 538 g/mol. The lowest BCUT2D eigenvalue weighted by atomic mass is 9.89. The molecule has 2 aromatic rings. The molecule has 1 atom stereocenters. The van der Waals surface area contributed by atoms with Gasteiger partial charge in [0.15, 0.2) is 5.54 Å². The second-order valence-corrected chi connectivity index (χ2v) is 9.34. The zero-order valence-electron chi connectivity index (χ0n) is 21.9. The van der Waals surface area contributed by atoms with Crippen LogP contribution in [0.3, 0.4) is 0 Å². The van der Waals surface area contributed by atoms with Crippen molar-refractivity contribution in [2.75, 3.05) is 42.6 Å². The first-order chi connectivity index (χ1) is 18.8. The number of nitriles is 1. The van der Waals surface area contributed by atoms with Crippen LogP contribution in [-0.2, 0) is 14.4 Å². The molecule has 3 amide bonds. The van der Waals surface area contributed by atoms with Gasteiger partial charge in [0, 0.05) is 38.4 Å². The van der Waals surface area contributed by atoms with Gasteiger partial charge in [0.05, 0.1) is 37.1 Å². The third-order valence-corrected chi connectivity index (χ3v) is 6.72. The number of piperidine rings is 1. The Morgan fingerprint density at radius 2 is 1.95 bits per heavy atom. The topological polar surface area (TPSA) is 127 Å². The van der Waals surface area contributed by atoms with Gasteiger partial charge in [0.2, 0.25) is 5.91 Å². The van der Waals surface area contributed by atoms with Gasteiger partial charge in [0.25, 0.3) is 5.91 Å². The number of ether oxygens (including phenoxy) is 1. The molecule has 0 aromatic heterocycles. The van der Waals surface area contributed by atoms with Gasteiger partial charge < -0.3 is 15.0 Å². The van der Waals surface area contributed by atoms with Crippen LogP contribution < -0.4 is 20.5 Å². The lowest BCUT2D eigenvalue weighted by Gasteiger charge is -2.43. The third-order valence-electron chi connectivity index (χ3n) is 6.72. The number of nitrogens with zero attached hydrogens (tertiary/aromatic N) is 4. The van der Waals surface area contributed by atoms with Crippen LogP contribution in [0.1, 0.15) is 37.0 Å². The Kier molecular flexibility index (Phi) is 8.63. The quantitative estimate of drug-likeness (QED) is 0.467. The molecule has 206 valence electrons. The van der Waals surface area contributed by atoms with Crippen LogP contribution in [0.25, 0.3) is 0 Å². The number of rotatable bonds is 9. The Balaban J connectivity index is 1.42. The summed E-state index contributed by atoms with van der Waals surface area (Å²) in [6, 6.07) is 15.4. The number of hydrogen-bond acceptors (Lipinski definition) is 8. The highest BCUT2D eigenvalue weighted by atomic mass is 19.1. The molecular weight excluding hydrogens is 507 g/mol. The number of cyclic esters (lactones) is 1. The second-order valence-electron chi connectivity index (χ2n) is 9.34. The Morgan fingerprint density at radius 3 is 2.56 bits per heavy atom. The van der Waals surface area contributed by atoms with Crippen LogP contribution in [0.2, 0.25) is 0 Å². The van der Waals surface area contributed by atoms with Crippen LogP contribution >= 0.6 is 0 Å². The van der Waals surface area contributed by atoms with Crippen LogP contribution in [0.4, 0.5) is 20.6 Å². The zero-order valence-corrected chi connectivity index (χ0v) is 21.9. The number of nitrogens with one attached hydrogen (secondary N) is 2. The number of halogens is 1. The molecule has 2 saturated heterocycles. The van der Waals surface area contributed by atoms with Crippen LogP contribution in [0.15, 0.2) is 48.5 Å². The molecule has 0 spiro atoms. The van der Waals surface area contributed by atoms with Crippen molar-refractivity contribution in [1.82, 2.24) is 15.9 Å². The molecule has 12 heteroatoms. The van der Waals surface area contributed by atoms with E-state index in [1.54, 1.807) is 49.4 Å². The number of amides is 3. The van der Waals surface area contributed by atoms with Crippen molar-refractivity contribution in [3.05, 3.63) is 59.9 Å². The molecule has 39 heavy (non-hydrogen) atoms. The lowest BCUT2D eigenvalue weighted by Crippen LogP contribution is -2.60. The first-order valence-electron chi connectivity index (χ1n) is 12.7. The van der Waals surface area contributed by atoms with Gasteiger partial charge in [0.1, 0.15) is 11.9 Å². The van der Waals surface area contributed by atoms with Crippen LogP contribution in [0.5, 0.6) is 0 Å². The minimum Gasteiger partial charge on any atom is -0.442 e. The lowest BCUT2D eigenvalue weighted by molar-refractivity contribution is -0.234. The van der Waals surface area contributed by atoms with Crippen molar-refractivity contribution in [1.29, 1.82) is 5.26 Å². The summed E-state index contributed by atoms with van der Waals surface area (Å²) in [5.41, 5.74) is 2.68. The molecular formula is C27H31FN6O5. The Labute approximate surface area is 226 Å². The summed E-state index contributed by atoms with van der Waals surface area (Å²) in [6.45, 7) is 4.41. The molecule has 11 nitrogen and oxygen atoms in total. The smallest absolute Gasteiger partial charge is 0.414 e. The van der Waals surface area contributed by atoms with E-state index in [0.717, 1.165) is 0 Å². The fraction of sp³-hybridized carbons (Fsp3) is 0.407. The van der Waals surface area contributed by atoms with E-state index in [0.29, 0.717) is 30.0 Å². The van der Waals surface area contributed by atoms with Crippen molar-refractivity contribution in [2.45, 2.75) is 38.3 Å². The normalized spacial score (nSPS) is 18.4. The predicted molar refractivity (Wildman–Crippen MR) is 140 cm³/mol. The number of carbonyl (C=O) groups excluding carboxylic acids is 3. The molecule has 0 saturated carbocycles. The maximum atomic E-state index is 15.2. The molecule has 2 N–H and O–H groups in total. The van der Waals surface area contributed by atoms with Crippen molar-refractivity contribution < 1.29 is 28.3 Å². The summed E-state index contributed by atoms with van der Waals surface area (Å²) in [6.07, 6.45) is -0.574. The van der Waals surface area contributed by atoms with Gasteiger partial charge in [-0.25, -0.2) is 9.18 Å². The van der Waals surface area contributed by atoms with Gasteiger partial charge in [-0.1, -0.05) is 23.4 Å². The molecule has 2 heterocycles. The molecule has 2 aromatic carbocycles. The predicted octanol–water partition coefficient (Wildman–Crippen LogP) is 2.75. The Morgan fingerprint density at radius 1 is 1.23 bits per heavy atom. The van der Waals surface area contributed by atoms with Crippen molar-refractivity contribution in [2.24, 2.45) is 0 Å². The summed E-state index contributed by atoms with van der Waals surface area (Å²) in [4.78, 5) is 45.0. The zero-order chi connectivity index (χ0) is 28.0. The van der Waals surface area contributed by atoms with E-state index in [1.165, 1.54) is 23.1 Å². The van der Waals surface area contributed by atoms with Crippen LogP contribution in [0, 0.1) is 17.1 Å². The first-order valence-corrected chi connectivity index (χ1v) is 12.7. The van der Waals surface area contributed by atoms with Gasteiger partial charge in [-0.15, -0.1) is 0 Å². The number of hydrazine groups is 1. The third kappa shape index (κ3) is 6.27. The van der Waals surface area contributed by atoms with Gasteiger partial charge in [-0.05, 0) is 37.3 Å². The summed E-state index contributed by atoms with van der Waals surface area (Å²) in [5, 5.41) is 14.0.